The van der Waals surface area contributed by atoms with Crippen LogP contribution in [0.4, 0.5) is 5.82 Å². The number of nitrogens with zero attached hydrogens (tertiary/aromatic N) is 2. The molecule has 3 aromatic rings. The molecular formula is C26H29N3O6Si. The van der Waals surface area contributed by atoms with Crippen molar-refractivity contribution in [1.82, 2.24) is 9.55 Å². The van der Waals surface area contributed by atoms with Gasteiger partial charge in [-0.1, -0.05) is 36.4 Å². The van der Waals surface area contributed by atoms with Crippen LogP contribution in [0.5, 0.6) is 0 Å². The first-order valence-electron chi connectivity index (χ1n) is 11.7. The van der Waals surface area contributed by atoms with Gasteiger partial charge in [-0.2, -0.15) is 4.98 Å². The van der Waals surface area contributed by atoms with Gasteiger partial charge in [0.2, 0.25) is 0 Å². The van der Waals surface area contributed by atoms with Crippen molar-refractivity contribution in [2.24, 2.45) is 0 Å². The van der Waals surface area contributed by atoms with Crippen LogP contribution >= 0.6 is 0 Å². The number of esters is 1. The molecule has 3 atom stereocenters. The van der Waals surface area contributed by atoms with Crippen LogP contribution in [0.2, 0.25) is 19.6 Å². The Morgan fingerprint density at radius 2 is 1.67 bits per heavy atom. The van der Waals surface area contributed by atoms with Gasteiger partial charge in [-0.05, 0) is 50.0 Å². The first-order chi connectivity index (χ1) is 17.2. The van der Waals surface area contributed by atoms with E-state index in [0.717, 1.165) is 0 Å². The number of carbonyl (C=O) groups excluding carboxylic acids is 2. The van der Waals surface area contributed by atoms with E-state index in [9.17, 15) is 14.4 Å². The van der Waals surface area contributed by atoms with E-state index in [2.05, 4.69) is 29.9 Å². The summed E-state index contributed by atoms with van der Waals surface area (Å²) in [7, 11) is -1.86. The third-order valence-corrected chi connectivity index (χ3v) is 6.58. The molecule has 2 heterocycles. The summed E-state index contributed by atoms with van der Waals surface area (Å²) in [5, 5.41) is 2.63. The maximum atomic E-state index is 12.8. The summed E-state index contributed by atoms with van der Waals surface area (Å²) < 4.78 is 19.2. The maximum absolute atomic E-state index is 12.8. The van der Waals surface area contributed by atoms with Crippen LogP contribution in [-0.4, -0.2) is 48.6 Å². The third kappa shape index (κ3) is 6.54. The van der Waals surface area contributed by atoms with Crippen LogP contribution in [-0.2, 0) is 13.9 Å². The fourth-order valence-corrected chi connectivity index (χ4v) is 4.40. The minimum absolute atomic E-state index is 0.133. The fraction of sp³-hybridized carbons (Fsp3) is 0.308. The average Bonchev–Trinajstić information content (AvgIpc) is 3.25. The lowest BCUT2D eigenvalue weighted by Gasteiger charge is -2.24. The number of anilines is 1. The van der Waals surface area contributed by atoms with Crippen LogP contribution in [0.1, 0.15) is 33.4 Å². The molecular weight excluding hydrogens is 478 g/mol. The monoisotopic (exact) mass is 507 g/mol. The quantitative estimate of drug-likeness (QED) is 0.364. The van der Waals surface area contributed by atoms with Crippen LogP contribution in [0.3, 0.4) is 0 Å². The highest BCUT2D eigenvalue weighted by Crippen LogP contribution is 2.31. The number of aromatic nitrogens is 2. The number of hydrogen-bond donors (Lipinski definition) is 1. The van der Waals surface area contributed by atoms with Gasteiger partial charge in [0.15, 0.2) is 8.32 Å². The van der Waals surface area contributed by atoms with Crippen molar-refractivity contribution in [3.8, 4) is 0 Å². The molecule has 0 radical (unpaired) electrons. The predicted octanol–water partition coefficient (Wildman–Crippen LogP) is 3.86. The van der Waals surface area contributed by atoms with Crippen LogP contribution in [0, 0.1) is 0 Å². The summed E-state index contributed by atoms with van der Waals surface area (Å²) in [4.78, 5) is 41.9. The number of carbonyl (C=O) groups is 2. The highest BCUT2D eigenvalue weighted by atomic mass is 28.4. The second-order valence-electron chi connectivity index (χ2n) is 9.42. The van der Waals surface area contributed by atoms with Crippen LogP contribution in [0.25, 0.3) is 0 Å². The lowest BCUT2D eigenvalue weighted by atomic mass is 10.1. The zero-order valence-corrected chi connectivity index (χ0v) is 21.4. The number of ether oxygens (including phenoxy) is 2. The number of rotatable bonds is 8. The maximum Gasteiger partial charge on any atom is 0.351 e. The summed E-state index contributed by atoms with van der Waals surface area (Å²) in [6.45, 7) is 6.41. The SMILES string of the molecule is C[Si](C)(C)OC[C@H]1O[C@@H](n2ccc(NC(=O)c3ccccc3)nc2=O)C[C@@H]1OC(=O)c1ccccc1. The Labute approximate surface area is 210 Å². The van der Waals surface area contributed by atoms with Gasteiger partial charge in [0.25, 0.3) is 5.91 Å². The molecule has 1 aliphatic rings. The second kappa shape index (κ2) is 11.0. The first-order valence-corrected chi connectivity index (χ1v) is 15.1. The first kappa shape index (κ1) is 25.5. The molecule has 0 spiro atoms. The molecule has 1 fully saturated rings. The topological polar surface area (TPSA) is 109 Å². The molecule has 0 aliphatic carbocycles. The molecule has 1 aliphatic heterocycles. The number of nitrogens with one attached hydrogen (secondary N) is 1. The fourth-order valence-electron chi connectivity index (χ4n) is 3.74. The Morgan fingerprint density at radius 3 is 2.28 bits per heavy atom. The molecule has 188 valence electrons. The highest BCUT2D eigenvalue weighted by molar-refractivity contribution is 6.69. The van der Waals surface area contributed by atoms with Gasteiger partial charge < -0.3 is 19.2 Å². The van der Waals surface area contributed by atoms with E-state index < -0.39 is 38.4 Å². The van der Waals surface area contributed by atoms with E-state index in [1.54, 1.807) is 48.5 Å². The normalized spacial score (nSPS) is 19.6. The highest BCUT2D eigenvalue weighted by Gasteiger charge is 2.40. The zero-order valence-electron chi connectivity index (χ0n) is 20.4. The summed E-state index contributed by atoms with van der Waals surface area (Å²) in [6.07, 6.45) is -0.0801. The average molecular weight is 508 g/mol. The van der Waals surface area contributed by atoms with E-state index in [1.165, 1.54) is 16.8 Å². The largest absolute Gasteiger partial charge is 0.456 e. The Bertz CT molecular complexity index is 1260. The van der Waals surface area contributed by atoms with E-state index >= 15 is 0 Å². The Hall–Kier alpha value is -3.60. The van der Waals surface area contributed by atoms with E-state index in [1.807, 2.05) is 12.1 Å². The molecule has 0 unspecified atom stereocenters. The molecule has 2 aromatic carbocycles. The molecule has 4 rings (SSSR count). The van der Waals surface area contributed by atoms with Crippen LogP contribution < -0.4 is 11.0 Å². The van der Waals surface area contributed by atoms with E-state index in [0.29, 0.717) is 11.1 Å². The molecule has 0 bridgehead atoms. The van der Waals surface area contributed by atoms with Crippen molar-refractivity contribution < 1.29 is 23.5 Å². The standard InChI is InChI=1S/C26H29N3O6Si/c1-36(2,3)33-17-21-20(35-25(31)19-12-8-5-9-13-19)16-23(34-21)29-15-14-22(28-26(29)32)27-24(30)18-10-6-4-7-11-18/h4-15,20-21,23H,16-17H2,1-3H3,(H,27,28,30,32)/t20-,21+,23+/m0/s1. The van der Waals surface area contributed by atoms with Gasteiger partial charge in [-0.25, -0.2) is 9.59 Å². The lowest BCUT2D eigenvalue weighted by molar-refractivity contribution is -0.0489. The summed E-state index contributed by atoms with van der Waals surface area (Å²) in [5.41, 5.74) is 0.296. The zero-order chi connectivity index (χ0) is 25.7. The minimum atomic E-state index is -1.86. The number of hydrogen-bond acceptors (Lipinski definition) is 7. The second-order valence-corrected chi connectivity index (χ2v) is 13.9. The Balaban J connectivity index is 1.49. The van der Waals surface area contributed by atoms with Crippen molar-refractivity contribution in [2.75, 3.05) is 11.9 Å². The van der Waals surface area contributed by atoms with Gasteiger partial charge >= 0.3 is 11.7 Å². The molecule has 1 aromatic heterocycles. The van der Waals surface area contributed by atoms with Crippen molar-refractivity contribution in [3.05, 3.63) is 94.5 Å². The number of amides is 1. The molecule has 1 saturated heterocycles. The molecule has 1 N–H and O–H groups in total. The van der Waals surface area contributed by atoms with E-state index in [4.69, 9.17) is 13.9 Å². The lowest BCUT2D eigenvalue weighted by Crippen LogP contribution is -2.36. The van der Waals surface area contributed by atoms with Crippen LogP contribution in [0.15, 0.2) is 77.7 Å². The van der Waals surface area contributed by atoms with Gasteiger partial charge in [0.05, 0.1) is 12.2 Å². The van der Waals surface area contributed by atoms with Crippen molar-refractivity contribution >= 4 is 26.0 Å². The molecule has 1 amide bonds. The van der Waals surface area contributed by atoms with Crippen molar-refractivity contribution in [2.45, 2.75) is 44.5 Å². The third-order valence-electron chi connectivity index (χ3n) is 5.55. The molecule has 10 heteroatoms. The smallest absolute Gasteiger partial charge is 0.351 e. The van der Waals surface area contributed by atoms with Gasteiger partial charge in [0, 0.05) is 18.2 Å². The van der Waals surface area contributed by atoms with E-state index in [-0.39, 0.29) is 24.8 Å². The van der Waals surface area contributed by atoms with Crippen molar-refractivity contribution in [1.29, 1.82) is 0 Å². The Morgan fingerprint density at radius 1 is 1.03 bits per heavy atom. The summed E-state index contributed by atoms with van der Waals surface area (Å²) in [6, 6.07) is 18.9. The van der Waals surface area contributed by atoms with Gasteiger partial charge in [-0.3, -0.25) is 9.36 Å². The molecule has 9 nitrogen and oxygen atoms in total. The molecule has 36 heavy (non-hydrogen) atoms. The summed E-state index contributed by atoms with van der Waals surface area (Å²) in [5.74, 6) is -0.699. The van der Waals surface area contributed by atoms with Gasteiger partial charge in [0.1, 0.15) is 24.3 Å². The predicted molar refractivity (Wildman–Crippen MR) is 136 cm³/mol. The minimum Gasteiger partial charge on any atom is -0.456 e. The Kier molecular flexibility index (Phi) is 7.78. The van der Waals surface area contributed by atoms with Crippen molar-refractivity contribution in [3.63, 3.8) is 0 Å². The number of benzene rings is 2. The van der Waals surface area contributed by atoms with Gasteiger partial charge in [-0.15, -0.1) is 0 Å². The summed E-state index contributed by atoms with van der Waals surface area (Å²) >= 11 is 0. The molecule has 0 saturated carbocycles.